The summed E-state index contributed by atoms with van der Waals surface area (Å²) in [6.45, 7) is 2.15. The third-order valence-corrected chi connectivity index (χ3v) is 2.70. The van der Waals surface area contributed by atoms with Crippen LogP contribution in [0.5, 0.6) is 0 Å². The van der Waals surface area contributed by atoms with Crippen molar-refractivity contribution in [3.63, 3.8) is 0 Å². The fraction of sp³-hybridized carbons (Fsp3) is 0.250. The van der Waals surface area contributed by atoms with Gasteiger partial charge in [0.25, 0.3) is 0 Å². The number of rotatable bonds is 3. The predicted molar refractivity (Wildman–Crippen MR) is 64.8 cm³/mol. The maximum atomic E-state index is 8.71. The number of nitrogens with zero attached hydrogens (tertiary/aromatic N) is 1. The van der Waals surface area contributed by atoms with Crippen molar-refractivity contribution in [3.05, 3.63) is 35.5 Å². The molecule has 84 valence electrons. The molecule has 0 amide bonds. The van der Waals surface area contributed by atoms with E-state index in [9.17, 15) is 0 Å². The van der Waals surface area contributed by atoms with Crippen LogP contribution in [0, 0.1) is 0 Å². The molecule has 1 heterocycles. The van der Waals surface area contributed by atoms with E-state index in [0.29, 0.717) is 0 Å². The van der Waals surface area contributed by atoms with Crippen LogP contribution in [0.4, 0.5) is 0 Å². The van der Waals surface area contributed by atoms with Crippen molar-refractivity contribution in [2.45, 2.75) is 19.8 Å². The van der Waals surface area contributed by atoms with Crippen molar-refractivity contribution in [1.82, 2.24) is 4.98 Å². The van der Waals surface area contributed by atoms with E-state index < -0.39 is 0 Å². The number of benzene rings is 1. The Morgan fingerprint density at radius 2 is 2.31 bits per heavy atom. The van der Waals surface area contributed by atoms with E-state index in [2.05, 4.69) is 17.1 Å². The van der Waals surface area contributed by atoms with Crippen LogP contribution in [-0.4, -0.2) is 16.0 Å². The van der Waals surface area contributed by atoms with Gasteiger partial charge < -0.3 is 15.9 Å². The molecule has 0 aliphatic heterocycles. The molecule has 0 radical (unpaired) electrons. The Balaban J connectivity index is 2.62. The van der Waals surface area contributed by atoms with Crippen molar-refractivity contribution >= 4 is 16.7 Å². The minimum Gasteiger partial charge on any atom is -0.409 e. The van der Waals surface area contributed by atoms with Gasteiger partial charge >= 0.3 is 0 Å². The highest BCUT2D eigenvalue weighted by atomic mass is 16.4. The van der Waals surface area contributed by atoms with Crippen molar-refractivity contribution < 1.29 is 5.21 Å². The molecule has 0 aliphatic rings. The van der Waals surface area contributed by atoms with E-state index in [1.54, 1.807) is 0 Å². The SMILES string of the molecule is CCCc1c[nH]c2c(/C(N)=N/O)cccc12. The molecule has 0 aliphatic carbocycles. The predicted octanol–water partition coefficient (Wildman–Crippen LogP) is 2.21. The molecule has 2 aromatic rings. The topological polar surface area (TPSA) is 74.4 Å². The van der Waals surface area contributed by atoms with Gasteiger partial charge in [-0.15, -0.1) is 0 Å². The monoisotopic (exact) mass is 217 g/mol. The van der Waals surface area contributed by atoms with E-state index in [4.69, 9.17) is 10.9 Å². The third kappa shape index (κ3) is 1.62. The first-order valence-corrected chi connectivity index (χ1v) is 5.34. The van der Waals surface area contributed by atoms with Crippen molar-refractivity contribution in [3.8, 4) is 0 Å². The Labute approximate surface area is 93.8 Å². The van der Waals surface area contributed by atoms with Gasteiger partial charge in [-0.05, 0) is 18.1 Å². The summed E-state index contributed by atoms with van der Waals surface area (Å²) >= 11 is 0. The lowest BCUT2D eigenvalue weighted by Gasteiger charge is -2.01. The van der Waals surface area contributed by atoms with Crippen molar-refractivity contribution in [1.29, 1.82) is 0 Å². The Morgan fingerprint density at radius 3 is 3.00 bits per heavy atom. The highest BCUT2D eigenvalue weighted by Gasteiger charge is 2.09. The summed E-state index contributed by atoms with van der Waals surface area (Å²) in [6, 6.07) is 5.80. The molecule has 0 saturated heterocycles. The number of H-pyrrole nitrogens is 1. The highest BCUT2D eigenvalue weighted by Crippen LogP contribution is 2.22. The van der Waals surface area contributed by atoms with Gasteiger partial charge in [-0.1, -0.05) is 30.6 Å². The first-order chi connectivity index (χ1) is 7.77. The van der Waals surface area contributed by atoms with Gasteiger partial charge in [-0.2, -0.15) is 0 Å². The number of fused-ring (bicyclic) bond motifs is 1. The average molecular weight is 217 g/mol. The van der Waals surface area contributed by atoms with Crippen LogP contribution in [-0.2, 0) is 6.42 Å². The molecule has 4 nitrogen and oxygen atoms in total. The fourth-order valence-corrected chi connectivity index (χ4v) is 1.96. The number of aryl methyl sites for hydroxylation is 1. The second-order valence-electron chi connectivity index (χ2n) is 3.78. The Morgan fingerprint density at radius 1 is 1.50 bits per heavy atom. The Bertz CT molecular complexity index is 528. The second kappa shape index (κ2) is 4.26. The van der Waals surface area contributed by atoms with Crippen LogP contribution < -0.4 is 5.73 Å². The van der Waals surface area contributed by atoms with Crippen molar-refractivity contribution in [2.75, 3.05) is 0 Å². The summed E-state index contributed by atoms with van der Waals surface area (Å²) in [7, 11) is 0. The number of para-hydroxylation sites is 1. The minimum absolute atomic E-state index is 0.135. The van der Waals surface area contributed by atoms with E-state index in [1.165, 1.54) is 5.56 Å². The Hall–Kier alpha value is -1.97. The molecule has 0 fully saturated rings. The number of hydrogen-bond acceptors (Lipinski definition) is 2. The quantitative estimate of drug-likeness (QED) is 0.319. The standard InChI is InChI=1S/C12H15N3O/c1-2-4-8-7-14-11-9(8)5-3-6-10(11)12(13)15-16/h3,5-7,14,16H,2,4H2,1H3,(H2,13,15). The molecular weight excluding hydrogens is 202 g/mol. The summed E-state index contributed by atoms with van der Waals surface area (Å²) < 4.78 is 0. The zero-order valence-corrected chi connectivity index (χ0v) is 9.20. The molecule has 0 unspecified atom stereocenters. The number of nitrogens with one attached hydrogen (secondary N) is 1. The molecule has 0 bridgehead atoms. The van der Waals surface area contributed by atoms with Crippen LogP contribution in [0.3, 0.4) is 0 Å². The maximum Gasteiger partial charge on any atom is 0.172 e. The number of amidine groups is 1. The fourth-order valence-electron chi connectivity index (χ4n) is 1.96. The lowest BCUT2D eigenvalue weighted by molar-refractivity contribution is 0.318. The van der Waals surface area contributed by atoms with E-state index in [0.717, 1.165) is 29.3 Å². The molecular formula is C12H15N3O. The first kappa shape index (κ1) is 10.5. The second-order valence-corrected chi connectivity index (χ2v) is 3.78. The number of hydrogen-bond donors (Lipinski definition) is 3. The molecule has 4 heteroatoms. The van der Waals surface area contributed by atoms with Gasteiger partial charge in [0.05, 0.1) is 5.52 Å². The van der Waals surface area contributed by atoms with Crippen LogP contribution in [0.2, 0.25) is 0 Å². The molecule has 0 spiro atoms. The molecule has 0 saturated carbocycles. The van der Waals surface area contributed by atoms with Gasteiger partial charge in [-0.25, -0.2) is 0 Å². The van der Waals surface area contributed by atoms with E-state index in [1.807, 2.05) is 24.4 Å². The van der Waals surface area contributed by atoms with Gasteiger partial charge in [0.1, 0.15) is 0 Å². The van der Waals surface area contributed by atoms with Crippen LogP contribution in [0.25, 0.3) is 10.9 Å². The molecule has 0 atom stereocenters. The summed E-state index contributed by atoms with van der Waals surface area (Å²) in [5.74, 6) is 0.135. The van der Waals surface area contributed by atoms with Crippen LogP contribution >= 0.6 is 0 Å². The average Bonchev–Trinajstić information content (AvgIpc) is 2.72. The van der Waals surface area contributed by atoms with Crippen molar-refractivity contribution in [2.24, 2.45) is 10.9 Å². The largest absolute Gasteiger partial charge is 0.409 e. The summed E-state index contributed by atoms with van der Waals surface area (Å²) in [5.41, 5.74) is 8.56. The lowest BCUT2D eigenvalue weighted by Crippen LogP contribution is -2.13. The first-order valence-electron chi connectivity index (χ1n) is 5.34. The summed E-state index contributed by atoms with van der Waals surface area (Å²) in [6.07, 6.45) is 4.11. The highest BCUT2D eigenvalue weighted by molar-refractivity contribution is 6.08. The van der Waals surface area contributed by atoms with Gasteiger partial charge in [0.2, 0.25) is 0 Å². The third-order valence-electron chi connectivity index (χ3n) is 2.70. The zero-order valence-electron chi connectivity index (χ0n) is 9.20. The number of nitrogens with two attached hydrogens (primary N) is 1. The van der Waals surface area contributed by atoms with Crippen LogP contribution in [0.15, 0.2) is 29.6 Å². The molecule has 16 heavy (non-hydrogen) atoms. The Kier molecular flexibility index (Phi) is 2.81. The summed E-state index contributed by atoms with van der Waals surface area (Å²) in [4.78, 5) is 3.18. The van der Waals surface area contributed by atoms with E-state index in [-0.39, 0.29) is 5.84 Å². The lowest BCUT2D eigenvalue weighted by atomic mass is 10.1. The van der Waals surface area contributed by atoms with Gasteiger partial charge in [0.15, 0.2) is 5.84 Å². The van der Waals surface area contributed by atoms with Gasteiger partial charge in [-0.3, -0.25) is 0 Å². The normalized spacial score (nSPS) is 12.2. The number of oxime groups is 1. The number of aromatic nitrogens is 1. The van der Waals surface area contributed by atoms with Gasteiger partial charge in [0, 0.05) is 17.1 Å². The van der Waals surface area contributed by atoms with Crippen LogP contribution in [0.1, 0.15) is 24.5 Å². The maximum absolute atomic E-state index is 8.71. The number of aromatic amines is 1. The molecule has 1 aromatic carbocycles. The molecule has 1 aromatic heterocycles. The molecule has 4 N–H and O–H groups in total. The molecule has 2 rings (SSSR count). The minimum atomic E-state index is 0.135. The zero-order chi connectivity index (χ0) is 11.5. The van der Waals surface area contributed by atoms with E-state index >= 15 is 0 Å². The smallest absolute Gasteiger partial charge is 0.172 e. The summed E-state index contributed by atoms with van der Waals surface area (Å²) in [5, 5.41) is 12.9.